The minimum atomic E-state index is -0.749. The van der Waals surface area contributed by atoms with E-state index in [4.69, 9.17) is 15.2 Å². The molecule has 0 atom stereocenters. The second-order valence-corrected chi connectivity index (χ2v) is 2.21. The van der Waals surface area contributed by atoms with Crippen LogP contribution in [0, 0.1) is 0 Å². The van der Waals surface area contributed by atoms with Gasteiger partial charge in [0, 0.05) is 20.6 Å². The van der Waals surface area contributed by atoms with E-state index in [1.165, 1.54) is 0 Å². The maximum atomic E-state index is 10.1. The van der Waals surface area contributed by atoms with E-state index in [1.54, 1.807) is 14.2 Å². The topological polar surface area (TPSA) is 70.8 Å². The molecule has 5 heteroatoms. The molecule has 2 N–H and O–H groups in total. The first-order chi connectivity index (χ1) is 5.70. The Balaban J connectivity index is 3.23. The van der Waals surface area contributed by atoms with Crippen LogP contribution in [0.5, 0.6) is 0 Å². The van der Waals surface area contributed by atoms with Gasteiger partial charge >= 0.3 is 6.09 Å². The largest absolute Gasteiger partial charge is 0.450 e. The number of hydrogen-bond donors (Lipinski definition) is 1. The van der Waals surface area contributed by atoms with Gasteiger partial charge in [-0.3, -0.25) is 0 Å². The third kappa shape index (κ3) is 5.94. The van der Waals surface area contributed by atoms with Gasteiger partial charge in [-0.15, -0.1) is 0 Å². The number of amides is 1. The van der Waals surface area contributed by atoms with Gasteiger partial charge in [-0.2, -0.15) is 0 Å². The number of hydrogen-bond acceptors (Lipinski definition) is 4. The molecular formula is C7H15NO4. The van der Waals surface area contributed by atoms with Crippen LogP contribution >= 0.6 is 0 Å². The van der Waals surface area contributed by atoms with Crippen molar-refractivity contribution in [3.63, 3.8) is 0 Å². The van der Waals surface area contributed by atoms with Gasteiger partial charge in [-0.05, 0) is 6.42 Å². The molecule has 72 valence electrons. The first-order valence-corrected chi connectivity index (χ1v) is 3.68. The monoisotopic (exact) mass is 177 g/mol. The van der Waals surface area contributed by atoms with Crippen LogP contribution in [-0.4, -0.2) is 33.2 Å². The fraction of sp³-hybridized carbons (Fsp3) is 0.857. The summed E-state index contributed by atoms with van der Waals surface area (Å²) in [5, 5.41) is 0. The molecule has 0 spiro atoms. The third-order valence-electron chi connectivity index (χ3n) is 1.35. The summed E-state index contributed by atoms with van der Waals surface area (Å²) in [6, 6.07) is 0. The van der Waals surface area contributed by atoms with Crippen LogP contribution in [0.4, 0.5) is 4.79 Å². The maximum absolute atomic E-state index is 10.1. The van der Waals surface area contributed by atoms with Crippen molar-refractivity contribution in [2.75, 3.05) is 20.8 Å². The Morgan fingerprint density at radius 2 is 2.00 bits per heavy atom. The van der Waals surface area contributed by atoms with Crippen LogP contribution in [0.1, 0.15) is 12.8 Å². The van der Waals surface area contributed by atoms with Crippen LogP contribution in [0.3, 0.4) is 0 Å². The van der Waals surface area contributed by atoms with Crippen LogP contribution in [0.25, 0.3) is 0 Å². The normalized spacial score (nSPS) is 10.2. The average molecular weight is 177 g/mol. The van der Waals surface area contributed by atoms with E-state index >= 15 is 0 Å². The molecule has 0 fully saturated rings. The summed E-state index contributed by atoms with van der Waals surface area (Å²) in [5.74, 6) is 0. The van der Waals surface area contributed by atoms with Crippen molar-refractivity contribution in [2.45, 2.75) is 19.1 Å². The van der Waals surface area contributed by atoms with Gasteiger partial charge in [0.05, 0.1) is 6.61 Å². The Morgan fingerprint density at radius 1 is 1.42 bits per heavy atom. The molecule has 0 aromatic carbocycles. The van der Waals surface area contributed by atoms with Crippen molar-refractivity contribution >= 4 is 6.09 Å². The summed E-state index contributed by atoms with van der Waals surface area (Å²) >= 11 is 0. The molecule has 0 rings (SSSR count). The zero-order valence-electron chi connectivity index (χ0n) is 7.41. The van der Waals surface area contributed by atoms with E-state index in [2.05, 4.69) is 4.74 Å². The number of methoxy groups -OCH3 is 2. The molecule has 0 unspecified atom stereocenters. The third-order valence-corrected chi connectivity index (χ3v) is 1.35. The van der Waals surface area contributed by atoms with Gasteiger partial charge in [0.15, 0.2) is 6.29 Å². The molecule has 12 heavy (non-hydrogen) atoms. The standard InChI is InChI=1S/C7H15NO4/c1-10-6(11-2)4-3-5-12-7(8)9/h6H,3-5H2,1-2H3,(H2,8,9). The minimum absolute atomic E-state index is 0.235. The highest BCUT2D eigenvalue weighted by molar-refractivity contribution is 5.64. The molecule has 1 amide bonds. The Kier molecular flexibility index (Phi) is 6.41. The Hall–Kier alpha value is -0.810. The van der Waals surface area contributed by atoms with Crippen LogP contribution < -0.4 is 5.73 Å². The quantitative estimate of drug-likeness (QED) is 0.473. The van der Waals surface area contributed by atoms with Gasteiger partial charge in [0.25, 0.3) is 0 Å². The van der Waals surface area contributed by atoms with E-state index in [1.807, 2.05) is 0 Å². The number of primary amides is 1. The predicted molar refractivity (Wildman–Crippen MR) is 42.6 cm³/mol. The lowest BCUT2D eigenvalue weighted by Crippen LogP contribution is -2.17. The van der Waals surface area contributed by atoms with E-state index in [9.17, 15) is 4.79 Å². The molecule has 0 bridgehead atoms. The molecule has 0 aliphatic rings. The van der Waals surface area contributed by atoms with Gasteiger partial charge in [0.1, 0.15) is 0 Å². The summed E-state index contributed by atoms with van der Waals surface area (Å²) < 4.78 is 14.3. The first kappa shape index (κ1) is 11.2. The first-order valence-electron chi connectivity index (χ1n) is 3.68. The summed E-state index contributed by atoms with van der Waals surface area (Å²) in [6.07, 6.45) is 0.373. The second kappa shape index (κ2) is 6.87. The SMILES string of the molecule is COC(CCCOC(N)=O)OC. The number of carbonyl (C=O) groups is 1. The van der Waals surface area contributed by atoms with E-state index in [0.717, 1.165) is 0 Å². The lowest BCUT2D eigenvalue weighted by molar-refractivity contribution is -0.108. The van der Waals surface area contributed by atoms with Crippen molar-refractivity contribution in [3.8, 4) is 0 Å². The number of carbonyl (C=O) groups excluding carboxylic acids is 1. The maximum Gasteiger partial charge on any atom is 0.404 e. The summed E-state index contributed by atoms with van der Waals surface area (Å²) in [4.78, 5) is 10.1. The van der Waals surface area contributed by atoms with Gasteiger partial charge < -0.3 is 19.9 Å². The van der Waals surface area contributed by atoms with E-state index in [0.29, 0.717) is 19.4 Å². The van der Waals surface area contributed by atoms with Crippen molar-refractivity contribution in [2.24, 2.45) is 5.73 Å². The van der Waals surface area contributed by atoms with Gasteiger partial charge in [-0.25, -0.2) is 4.79 Å². The Labute approximate surface area is 71.8 Å². The summed E-state index contributed by atoms with van der Waals surface area (Å²) in [7, 11) is 3.12. The van der Waals surface area contributed by atoms with E-state index in [-0.39, 0.29) is 6.29 Å². The zero-order chi connectivity index (χ0) is 9.40. The Bertz CT molecular complexity index is 125. The van der Waals surface area contributed by atoms with Crippen LogP contribution in [0.15, 0.2) is 0 Å². The van der Waals surface area contributed by atoms with Crippen molar-refractivity contribution in [1.29, 1.82) is 0 Å². The van der Waals surface area contributed by atoms with Crippen molar-refractivity contribution in [3.05, 3.63) is 0 Å². The molecule has 0 aliphatic carbocycles. The molecule has 5 nitrogen and oxygen atoms in total. The number of ether oxygens (including phenoxy) is 3. The molecule has 0 radical (unpaired) electrons. The highest BCUT2D eigenvalue weighted by atomic mass is 16.7. The number of rotatable bonds is 6. The number of nitrogens with two attached hydrogens (primary N) is 1. The van der Waals surface area contributed by atoms with Gasteiger partial charge in [-0.1, -0.05) is 0 Å². The molecule has 0 saturated heterocycles. The fourth-order valence-electron chi connectivity index (χ4n) is 0.755. The molecule has 0 aromatic heterocycles. The smallest absolute Gasteiger partial charge is 0.404 e. The second-order valence-electron chi connectivity index (χ2n) is 2.21. The zero-order valence-corrected chi connectivity index (χ0v) is 7.41. The van der Waals surface area contributed by atoms with Crippen molar-refractivity contribution < 1.29 is 19.0 Å². The fourth-order valence-corrected chi connectivity index (χ4v) is 0.755. The molecule has 0 heterocycles. The average Bonchev–Trinajstić information content (AvgIpc) is 2.04. The lowest BCUT2D eigenvalue weighted by Gasteiger charge is -2.12. The molecule has 0 aromatic rings. The van der Waals surface area contributed by atoms with Gasteiger partial charge in [0.2, 0.25) is 0 Å². The van der Waals surface area contributed by atoms with Crippen molar-refractivity contribution in [1.82, 2.24) is 0 Å². The molecule has 0 saturated carbocycles. The lowest BCUT2D eigenvalue weighted by atomic mass is 10.3. The highest BCUT2D eigenvalue weighted by Gasteiger charge is 2.04. The summed E-state index contributed by atoms with van der Waals surface area (Å²) in [6.45, 7) is 0.304. The van der Waals surface area contributed by atoms with E-state index < -0.39 is 6.09 Å². The predicted octanol–water partition coefficient (Wildman–Crippen LogP) is 0.481. The van der Waals surface area contributed by atoms with Crippen LogP contribution in [-0.2, 0) is 14.2 Å². The molecular weight excluding hydrogens is 162 g/mol. The minimum Gasteiger partial charge on any atom is -0.450 e. The molecule has 0 aliphatic heterocycles. The van der Waals surface area contributed by atoms with Crippen LogP contribution in [0.2, 0.25) is 0 Å². The summed E-state index contributed by atoms with van der Waals surface area (Å²) in [5.41, 5.74) is 4.75. The Morgan fingerprint density at radius 3 is 2.42 bits per heavy atom. The highest BCUT2D eigenvalue weighted by Crippen LogP contribution is 2.01.